The second kappa shape index (κ2) is 9.10. The fourth-order valence-corrected chi connectivity index (χ4v) is 4.97. The molecule has 2 aliphatic rings. The summed E-state index contributed by atoms with van der Waals surface area (Å²) < 4.78 is 5.03. The summed E-state index contributed by atoms with van der Waals surface area (Å²) in [6.07, 6.45) is 1.36. The van der Waals surface area contributed by atoms with Crippen LogP contribution in [0.4, 0.5) is 0 Å². The van der Waals surface area contributed by atoms with Crippen LogP contribution < -0.4 is 0 Å². The number of benzene rings is 2. The van der Waals surface area contributed by atoms with Crippen molar-refractivity contribution in [2.45, 2.75) is 31.3 Å². The fourth-order valence-electron chi connectivity index (χ4n) is 4.75. The van der Waals surface area contributed by atoms with Crippen LogP contribution in [0.5, 0.6) is 0 Å². The van der Waals surface area contributed by atoms with Crippen molar-refractivity contribution in [2.24, 2.45) is 5.92 Å². The molecule has 7 heteroatoms. The van der Waals surface area contributed by atoms with Crippen molar-refractivity contribution in [3.63, 3.8) is 0 Å². The van der Waals surface area contributed by atoms with E-state index in [-0.39, 0.29) is 36.4 Å². The maximum absolute atomic E-state index is 13.1. The summed E-state index contributed by atoms with van der Waals surface area (Å²) in [7, 11) is 1.37. The lowest BCUT2D eigenvalue weighted by atomic mass is 9.93. The lowest BCUT2D eigenvalue weighted by molar-refractivity contribution is -0.150. The first-order chi connectivity index (χ1) is 15.0. The maximum Gasteiger partial charge on any atom is 0.311 e. The number of aryl methyl sites for hydroxylation is 1. The van der Waals surface area contributed by atoms with Crippen LogP contribution in [0, 0.1) is 5.92 Å². The number of piperazine rings is 1. The molecule has 2 aliphatic heterocycles. The lowest BCUT2D eigenvalue weighted by Crippen LogP contribution is -2.55. The summed E-state index contributed by atoms with van der Waals surface area (Å²) in [5.74, 6) is -0.962. The molecule has 2 aromatic rings. The Balaban J connectivity index is 1.49. The smallest absolute Gasteiger partial charge is 0.311 e. The molecule has 162 valence electrons. The average Bonchev–Trinajstić information content (AvgIpc) is 3.17. The summed E-state index contributed by atoms with van der Waals surface area (Å²) in [5.41, 5.74) is 1.90. The van der Waals surface area contributed by atoms with Crippen LogP contribution >= 0.6 is 11.6 Å². The van der Waals surface area contributed by atoms with E-state index < -0.39 is 5.92 Å². The number of rotatable bonds is 5. The number of methoxy groups -OCH3 is 1. The van der Waals surface area contributed by atoms with E-state index in [0.29, 0.717) is 30.8 Å². The van der Waals surface area contributed by atoms with Crippen molar-refractivity contribution >= 4 is 29.4 Å². The average molecular weight is 441 g/mol. The lowest BCUT2D eigenvalue weighted by Gasteiger charge is -2.40. The molecule has 2 fully saturated rings. The van der Waals surface area contributed by atoms with Crippen LogP contribution in [0.2, 0.25) is 5.02 Å². The topological polar surface area (TPSA) is 66.9 Å². The molecule has 4 rings (SSSR count). The Labute approximate surface area is 186 Å². The van der Waals surface area contributed by atoms with Gasteiger partial charge in [0.1, 0.15) is 0 Å². The molecule has 2 saturated heterocycles. The number of ether oxygens (including phenoxy) is 1. The van der Waals surface area contributed by atoms with E-state index in [1.54, 1.807) is 15.9 Å². The van der Waals surface area contributed by atoms with E-state index in [2.05, 4.69) is 0 Å². The minimum absolute atomic E-state index is 0.0299. The maximum atomic E-state index is 13.1. The Morgan fingerprint density at radius 2 is 1.90 bits per heavy atom. The number of amides is 2. The number of hydrogen-bond donors (Lipinski definition) is 0. The standard InChI is InChI=1S/C24H25ClN2O4/c1-31-24(30)20-13-19-14-26(21(28)11-10-16-6-5-9-18(25)12-16)15-22(29)27(19)23(20)17-7-3-2-4-8-17/h2-9,12,19-20,23H,10-11,13-15H2,1H3/t19-,20-,23-/m0/s1. The molecule has 6 nitrogen and oxygen atoms in total. The molecule has 0 saturated carbocycles. The largest absolute Gasteiger partial charge is 0.469 e. The fraction of sp³-hybridized carbons (Fsp3) is 0.375. The highest BCUT2D eigenvalue weighted by Gasteiger charge is 2.51. The minimum atomic E-state index is -0.442. The molecule has 3 atom stereocenters. The molecule has 31 heavy (non-hydrogen) atoms. The molecule has 2 heterocycles. The van der Waals surface area contributed by atoms with E-state index in [4.69, 9.17) is 16.3 Å². The zero-order chi connectivity index (χ0) is 22.0. The van der Waals surface area contributed by atoms with E-state index >= 15 is 0 Å². The summed E-state index contributed by atoms with van der Waals surface area (Å²) in [6.45, 7) is 0.457. The van der Waals surface area contributed by atoms with Gasteiger partial charge in [0.25, 0.3) is 0 Å². The molecule has 0 N–H and O–H groups in total. The zero-order valence-electron chi connectivity index (χ0n) is 17.4. The van der Waals surface area contributed by atoms with Crippen LogP contribution in [0.1, 0.15) is 30.0 Å². The van der Waals surface area contributed by atoms with Gasteiger partial charge in [-0.3, -0.25) is 14.4 Å². The van der Waals surface area contributed by atoms with Crippen molar-refractivity contribution in [3.05, 3.63) is 70.7 Å². The van der Waals surface area contributed by atoms with Crippen LogP contribution in [-0.4, -0.2) is 53.8 Å². The Morgan fingerprint density at radius 3 is 2.61 bits per heavy atom. The van der Waals surface area contributed by atoms with Gasteiger partial charge in [-0.05, 0) is 36.1 Å². The summed E-state index contributed by atoms with van der Waals surface area (Å²) in [6, 6.07) is 16.4. The molecule has 2 aromatic carbocycles. The van der Waals surface area contributed by atoms with Crippen molar-refractivity contribution < 1.29 is 19.1 Å². The van der Waals surface area contributed by atoms with Gasteiger partial charge in [0.05, 0.1) is 31.7 Å². The van der Waals surface area contributed by atoms with E-state index in [1.807, 2.05) is 48.5 Å². The minimum Gasteiger partial charge on any atom is -0.469 e. The predicted octanol–water partition coefficient (Wildman–Crippen LogP) is 3.25. The Bertz CT molecular complexity index is 981. The first-order valence-corrected chi connectivity index (χ1v) is 10.8. The van der Waals surface area contributed by atoms with Crippen molar-refractivity contribution in [3.8, 4) is 0 Å². The van der Waals surface area contributed by atoms with Gasteiger partial charge in [-0.15, -0.1) is 0 Å². The van der Waals surface area contributed by atoms with Gasteiger partial charge < -0.3 is 14.5 Å². The third-order valence-corrected chi connectivity index (χ3v) is 6.39. The highest BCUT2D eigenvalue weighted by Crippen LogP contribution is 2.43. The van der Waals surface area contributed by atoms with Gasteiger partial charge in [0, 0.05) is 18.0 Å². The van der Waals surface area contributed by atoms with Gasteiger partial charge in [0.2, 0.25) is 11.8 Å². The normalized spacial score (nSPS) is 22.9. The molecule has 0 spiro atoms. The number of nitrogens with zero attached hydrogens (tertiary/aromatic N) is 2. The molecule has 2 amide bonds. The molecule has 0 bridgehead atoms. The van der Waals surface area contributed by atoms with Crippen LogP contribution in [0.15, 0.2) is 54.6 Å². The second-order valence-electron chi connectivity index (χ2n) is 8.08. The number of carbonyl (C=O) groups is 3. The van der Waals surface area contributed by atoms with Crippen molar-refractivity contribution in [1.82, 2.24) is 9.80 Å². The zero-order valence-corrected chi connectivity index (χ0v) is 18.1. The van der Waals surface area contributed by atoms with E-state index in [9.17, 15) is 14.4 Å². The monoisotopic (exact) mass is 440 g/mol. The Kier molecular flexibility index (Phi) is 6.28. The first-order valence-electron chi connectivity index (χ1n) is 10.4. The summed E-state index contributed by atoms with van der Waals surface area (Å²) >= 11 is 6.02. The number of fused-ring (bicyclic) bond motifs is 1. The quantitative estimate of drug-likeness (QED) is 0.669. The molecule has 0 aromatic heterocycles. The van der Waals surface area contributed by atoms with Crippen molar-refractivity contribution in [1.29, 1.82) is 0 Å². The van der Waals surface area contributed by atoms with Crippen LogP contribution in [0.3, 0.4) is 0 Å². The number of hydrogen-bond acceptors (Lipinski definition) is 4. The van der Waals surface area contributed by atoms with Crippen LogP contribution in [-0.2, 0) is 25.5 Å². The summed E-state index contributed by atoms with van der Waals surface area (Å²) in [5, 5.41) is 0.639. The molecule has 0 unspecified atom stereocenters. The van der Waals surface area contributed by atoms with E-state index in [1.165, 1.54) is 7.11 Å². The molecule has 0 radical (unpaired) electrons. The SMILES string of the molecule is COC(=O)[C@H]1C[C@H]2CN(C(=O)CCc3cccc(Cl)c3)CC(=O)N2[C@H]1c1ccccc1. The van der Waals surface area contributed by atoms with Gasteiger partial charge in [-0.2, -0.15) is 0 Å². The van der Waals surface area contributed by atoms with Crippen LogP contribution in [0.25, 0.3) is 0 Å². The molecular formula is C24H25ClN2O4. The Hall–Kier alpha value is -2.86. The van der Waals surface area contributed by atoms with Gasteiger partial charge in [-0.25, -0.2) is 0 Å². The summed E-state index contributed by atoms with van der Waals surface area (Å²) in [4.78, 5) is 41.9. The van der Waals surface area contributed by atoms with Gasteiger partial charge in [-0.1, -0.05) is 54.1 Å². The highest BCUT2D eigenvalue weighted by molar-refractivity contribution is 6.30. The molecule has 0 aliphatic carbocycles. The Morgan fingerprint density at radius 1 is 1.13 bits per heavy atom. The molecular weight excluding hydrogens is 416 g/mol. The number of carbonyl (C=O) groups excluding carboxylic acids is 3. The number of esters is 1. The third-order valence-electron chi connectivity index (χ3n) is 6.16. The second-order valence-corrected chi connectivity index (χ2v) is 8.52. The van der Waals surface area contributed by atoms with Crippen molar-refractivity contribution in [2.75, 3.05) is 20.2 Å². The highest BCUT2D eigenvalue weighted by atomic mass is 35.5. The van der Waals surface area contributed by atoms with E-state index in [0.717, 1.165) is 11.1 Å². The number of halogens is 1. The van der Waals surface area contributed by atoms with Gasteiger partial charge >= 0.3 is 5.97 Å². The predicted molar refractivity (Wildman–Crippen MR) is 116 cm³/mol. The van der Waals surface area contributed by atoms with Gasteiger partial charge in [0.15, 0.2) is 0 Å². The third kappa shape index (κ3) is 4.44. The first kappa shape index (κ1) is 21.4.